The largest absolute Gasteiger partial charge is 0.496 e. The molecule has 0 bridgehead atoms. The number of tetrazole rings is 1. The van der Waals surface area contributed by atoms with Gasteiger partial charge in [-0.3, -0.25) is 19.1 Å². The number of methoxy groups -OCH3 is 1. The molecule has 2 aromatic rings. The number of rotatable bonds is 13. The van der Waals surface area contributed by atoms with E-state index in [0.29, 0.717) is 36.4 Å². The van der Waals surface area contributed by atoms with Gasteiger partial charge in [0.05, 0.1) is 30.0 Å². The molecule has 3 aliphatic carbocycles. The van der Waals surface area contributed by atoms with Crippen molar-refractivity contribution in [1.29, 1.82) is 0 Å². The lowest BCUT2D eigenvalue weighted by Gasteiger charge is -2.34. The minimum Gasteiger partial charge on any atom is -0.496 e. The fourth-order valence-electron chi connectivity index (χ4n) is 6.77. The lowest BCUT2D eigenvalue weighted by atomic mass is 9.77. The summed E-state index contributed by atoms with van der Waals surface area (Å²) in [5.41, 5.74) is -2.47. The summed E-state index contributed by atoms with van der Waals surface area (Å²) in [6, 6.07) is 5.58. The number of nitrogens with zero attached hydrogens (tertiary/aromatic N) is 4. The van der Waals surface area contributed by atoms with Crippen molar-refractivity contribution in [1.82, 2.24) is 35.6 Å². The Balaban J connectivity index is 1.46. The van der Waals surface area contributed by atoms with Crippen molar-refractivity contribution < 1.29 is 37.1 Å². The molecule has 1 heterocycles. The number of amides is 3. The van der Waals surface area contributed by atoms with E-state index in [0.717, 1.165) is 0 Å². The molecule has 2 unspecified atom stereocenters. The van der Waals surface area contributed by atoms with E-state index in [-0.39, 0.29) is 25.2 Å². The Morgan fingerprint density at radius 1 is 1.08 bits per heavy atom. The standard InChI is InChI=1S/C35H49N7O8S/c1-9-12-20-19-35(20,31(45)40-51(47,48)22-15-16-22)37-30(44)25-18-21(42-39-29(38-41-42)23-13-10-11-14-26(23)49-8)17-24(25)27(43)28(33(2,3)4)36-32(46)50-34(5,6)7/h9-11,13-14,20-22,24-25,28H,1,12,15-19H2,2-8H3,(H,36,46)(H,37,44)(H,40,45)/t20-,21+,24?,25-,28?,35+/m1/s1. The molecule has 1 aromatic heterocycles. The predicted molar refractivity (Wildman–Crippen MR) is 187 cm³/mol. The Morgan fingerprint density at radius 2 is 1.75 bits per heavy atom. The number of alkyl carbamates (subject to hydrolysis) is 1. The highest BCUT2D eigenvalue weighted by Gasteiger charge is 2.62. The van der Waals surface area contributed by atoms with Crippen LogP contribution in [0.5, 0.6) is 5.75 Å². The Hall–Kier alpha value is -4.34. The molecule has 0 saturated heterocycles. The van der Waals surface area contributed by atoms with E-state index in [2.05, 4.69) is 37.3 Å². The van der Waals surface area contributed by atoms with Gasteiger partial charge in [0.15, 0.2) is 5.78 Å². The zero-order valence-electron chi connectivity index (χ0n) is 30.3. The second-order valence-electron chi connectivity index (χ2n) is 15.9. The van der Waals surface area contributed by atoms with Gasteiger partial charge in [0, 0.05) is 11.8 Å². The van der Waals surface area contributed by atoms with Crippen molar-refractivity contribution in [3.05, 3.63) is 36.9 Å². The molecule has 0 spiro atoms. The summed E-state index contributed by atoms with van der Waals surface area (Å²) < 4.78 is 38.6. The number of ether oxygens (including phenoxy) is 2. The lowest BCUT2D eigenvalue weighted by Crippen LogP contribution is -2.56. The van der Waals surface area contributed by atoms with Crippen LogP contribution in [0.4, 0.5) is 4.79 Å². The number of para-hydroxylation sites is 1. The summed E-state index contributed by atoms with van der Waals surface area (Å²) in [6.07, 6.45) is 2.59. The van der Waals surface area contributed by atoms with Crippen LogP contribution < -0.4 is 20.1 Å². The molecule has 15 nitrogen and oxygen atoms in total. The molecule has 3 saturated carbocycles. The number of carbonyl (C=O) groups is 4. The van der Waals surface area contributed by atoms with E-state index in [1.165, 1.54) is 11.9 Å². The normalized spacial score (nSPS) is 25.3. The second kappa shape index (κ2) is 14.0. The third-order valence-corrected chi connectivity index (χ3v) is 11.5. The Bertz CT molecular complexity index is 1790. The van der Waals surface area contributed by atoms with Crippen molar-refractivity contribution in [2.24, 2.45) is 23.2 Å². The van der Waals surface area contributed by atoms with Crippen LogP contribution in [0.2, 0.25) is 0 Å². The average Bonchev–Trinajstić information content (AvgIpc) is 3.90. The predicted octanol–water partition coefficient (Wildman–Crippen LogP) is 3.48. The summed E-state index contributed by atoms with van der Waals surface area (Å²) in [4.78, 5) is 56.8. The van der Waals surface area contributed by atoms with E-state index in [1.807, 2.05) is 12.1 Å². The van der Waals surface area contributed by atoms with Crippen molar-refractivity contribution in [3.8, 4) is 17.1 Å². The third-order valence-electron chi connectivity index (χ3n) is 9.66. The molecule has 51 heavy (non-hydrogen) atoms. The second-order valence-corrected chi connectivity index (χ2v) is 17.8. The van der Waals surface area contributed by atoms with E-state index < -0.39 is 79.4 Å². The molecule has 3 fully saturated rings. The summed E-state index contributed by atoms with van der Waals surface area (Å²) in [7, 11) is -2.36. The first kappa shape index (κ1) is 37.9. The summed E-state index contributed by atoms with van der Waals surface area (Å²) >= 11 is 0. The van der Waals surface area contributed by atoms with Crippen LogP contribution in [-0.4, -0.2) is 81.9 Å². The van der Waals surface area contributed by atoms with E-state index in [1.54, 1.807) is 59.8 Å². The number of ketones is 1. The maximum absolute atomic E-state index is 14.5. The number of hydrogen-bond acceptors (Lipinski definition) is 11. The first-order valence-corrected chi connectivity index (χ1v) is 18.8. The van der Waals surface area contributed by atoms with E-state index in [9.17, 15) is 27.6 Å². The minimum atomic E-state index is -3.89. The van der Waals surface area contributed by atoms with Crippen molar-refractivity contribution in [3.63, 3.8) is 0 Å². The first-order valence-electron chi connectivity index (χ1n) is 17.2. The fraction of sp³-hybridized carbons (Fsp3) is 0.629. The summed E-state index contributed by atoms with van der Waals surface area (Å²) in [5, 5.41) is 18.1. The number of Topliss-reactive ketones (excluding diaryl/α,β-unsaturated/α-hetero) is 1. The molecule has 6 atom stereocenters. The van der Waals surface area contributed by atoms with Crippen LogP contribution in [-0.2, 0) is 29.1 Å². The molecule has 0 aliphatic heterocycles. The zero-order chi connectivity index (χ0) is 37.5. The highest BCUT2D eigenvalue weighted by Crippen LogP contribution is 2.49. The van der Waals surface area contributed by atoms with E-state index in [4.69, 9.17) is 9.47 Å². The summed E-state index contributed by atoms with van der Waals surface area (Å²) in [5.74, 6) is -3.25. The topological polar surface area (TPSA) is 201 Å². The Morgan fingerprint density at radius 3 is 2.35 bits per heavy atom. The van der Waals surface area contributed by atoms with Gasteiger partial charge >= 0.3 is 6.09 Å². The van der Waals surface area contributed by atoms with Gasteiger partial charge in [0.2, 0.25) is 21.8 Å². The highest BCUT2D eigenvalue weighted by molar-refractivity contribution is 7.91. The van der Waals surface area contributed by atoms with Crippen LogP contribution >= 0.6 is 0 Å². The Labute approximate surface area is 298 Å². The molecule has 278 valence electrons. The number of aromatic nitrogens is 4. The monoisotopic (exact) mass is 727 g/mol. The van der Waals surface area contributed by atoms with Crippen LogP contribution in [0.25, 0.3) is 11.4 Å². The van der Waals surface area contributed by atoms with Crippen LogP contribution in [0.3, 0.4) is 0 Å². The number of hydrogen-bond donors (Lipinski definition) is 3. The Kier molecular flexibility index (Phi) is 10.4. The molecule has 1 aromatic carbocycles. The van der Waals surface area contributed by atoms with Gasteiger partial charge in [-0.25, -0.2) is 13.2 Å². The maximum atomic E-state index is 14.5. The van der Waals surface area contributed by atoms with Gasteiger partial charge in [0.25, 0.3) is 5.91 Å². The molecule has 3 amide bonds. The quantitative estimate of drug-likeness (QED) is 0.255. The molecular weight excluding hydrogens is 678 g/mol. The number of allylic oxidation sites excluding steroid dienone is 1. The maximum Gasteiger partial charge on any atom is 0.408 e. The van der Waals surface area contributed by atoms with E-state index >= 15 is 0 Å². The molecule has 0 radical (unpaired) electrons. The number of benzene rings is 1. The molecule has 3 N–H and O–H groups in total. The van der Waals surface area contributed by atoms with Crippen LogP contribution in [0.1, 0.15) is 86.1 Å². The SMILES string of the molecule is C=CC[C@@H]1C[C@@]1(NC(=O)[C@@H]1C[C@@H](n2nnc(-c3ccccc3OC)n2)CC1C(=O)C(NC(=O)OC(C)(C)C)C(C)(C)C)C(=O)NS(=O)(=O)C1CC1. The molecular formula is C35H49N7O8S. The highest BCUT2D eigenvalue weighted by atomic mass is 32.2. The number of carbonyl (C=O) groups excluding carboxylic acids is 4. The molecule has 16 heteroatoms. The smallest absolute Gasteiger partial charge is 0.408 e. The van der Waals surface area contributed by atoms with Gasteiger partial charge in [-0.15, -0.1) is 16.8 Å². The first-order chi connectivity index (χ1) is 23.8. The van der Waals surface area contributed by atoms with Crippen molar-refractivity contribution >= 4 is 33.7 Å². The van der Waals surface area contributed by atoms with Gasteiger partial charge in [0.1, 0.15) is 16.9 Å². The number of sulfonamides is 1. The molecule has 3 aliphatic rings. The lowest BCUT2D eigenvalue weighted by molar-refractivity contribution is -0.137. The third kappa shape index (κ3) is 8.42. The number of nitrogens with one attached hydrogen (secondary N) is 3. The fourth-order valence-corrected chi connectivity index (χ4v) is 8.14. The average molecular weight is 728 g/mol. The van der Waals surface area contributed by atoms with Gasteiger partial charge in [-0.1, -0.05) is 39.0 Å². The van der Waals surface area contributed by atoms with Gasteiger partial charge in [-0.2, -0.15) is 4.80 Å². The van der Waals surface area contributed by atoms with Gasteiger partial charge in [-0.05, 0) is 88.0 Å². The van der Waals surface area contributed by atoms with Crippen LogP contribution in [0, 0.1) is 23.2 Å². The zero-order valence-corrected chi connectivity index (χ0v) is 31.1. The van der Waals surface area contributed by atoms with Crippen molar-refractivity contribution in [2.75, 3.05) is 7.11 Å². The summed E-state index contributed by atoms with van der Waals surface area (Å²) in [6.45, 7) is 14.3. The van der Waals surface area contributed by atoms with Crippen molar-refractivity contribution in [2.45, 2.75) is 109 Å². The molecule has 5 rings (SSSR count). The van der Waals surface area contributed by atoms with Crippen LogP contribution in [0.15, 0.2) is 36.9 Å². The van der Waals surface area contributed by atoms with Gasteiger partial charge < -0.3 is 20.1 Å². The minimum absolute atomic E-state index is 0.109.